The second-order valence-electron chi connectivity index (χ2n) is 8.85. The third-order valence-corrected chi connectivity index (χ3v) is 6.19. The fraction of sp³-hybridized carbons (Fsp3) is 0.320. The summed E-state index contributed by atoms with van der Waals surface area (Å²) >= 11 is 0. The van der Waals surface area contributed by atoms with Crippen LogP contribution in [0.5, 0.6) is 11.8 Å². The maximum absolute atomic E-state index is 15.2. The number of ether oxygens (including phenoxy) is 1. The molecule has 1 aromatic carbocycles. The summed E-state index contributed by atoms with van der Waals surface area (Å²) in [5.74, 6) is 0.0868. The first-order valence-electron chi connectivity index (χ1n) is 11.8. The molecule has 4 heterocycles. The lowest BCUT2D eigenvalue weighted by atomic mass is 9.98. The molecule has 0 saturated carbocycles. The smallest absolute Gasteiger partial charge is 0.326 e. The minimum Gasteiger partial charge on any atom is -0.421 e. The zero-order valence-electron chi connectivity index (χ0n) is 20.0. The molecule has 0 bridgehead atoms. The predicted molar refractivity (Wildman–Crippen MR) is 134 cm³/mol. The average molecular weight is 496 g/mol. The van der Waals surface area contributed by atoms with E-state index in [0.717, 1.165) is 24.6 Å². The van der Waals surface area contributed by atoms with Gasteiger partial charge >= 0.3 is 6.01 Å². The van der Waals surface area contributed by atoms with Crippen LogP contribution in [0.1, 0.15) is 31.2 Å². The van der Waals surface area contributed by atoms with Gasteiger partial charge in [-0.15, -0.1) is 0 Å². The SMILES string of the molecule is C/C=C/c1cc(Nc2cc(N3CCC(CO)CC3)nc(Oc3cc(F)c4[nH]c(C)cc4c3F)n2)n[nH]1. The molecule has 0 unspecified atom stereocenters. The monoisotopic (exact) mass is 495 g/mol. The highest BCUT2D eigenvalue weighted by Gasteiger charge is 2.22. The summed E-state index contributed by atoms with van der Waals surface area (Å²) in [6, 6.07) is 5.95. The van der Waals surface area contributed by atoms with E-state index in [9.17, 15) is 9.50 Å². The fourth-order valence-electron chi connectivity index (χ4n) is 4.33. The molecule has 9 nitrogen and oxygen atoms in total. The van der Waals surface area contributed by atoms with Gasteiger partial charge in [-0.2, -0.15) is 15.1 Å². The minimum atomic E-state index is -0.702. The van der Waals surface area contributed by atoms with Gasteiger partial charge in [-0.1, -0.05) is 6.08 Å². The van der Waals surface area contributed by atoms with E-state index < -0.39 is 11.6 Å². The van der Waals surface area contributed by atoms with Crippen molar-refractivity contribution >= 4 is 34.4 Å². The van der Waals surface area contributed by atoms with Crippen molar-refractivity contribution in [3.05, 3.63) is 53.4 Å². The topological polar surface area (TPSA) is 115 Å². The van der Waals surface area contributed by atoms with Gasteiger partial charge in [0.2, 0.25) is 0 Å². The van der Waals surface area contributed by atoms with Crippen LogP contribution >= 0.6 is 0 Å². The third kappa shape index (κ3) is 4.87. The number of aromatic nitrogens is 5. The van der Waals surface area contributed by atoms with Crippen molar-refractivity contribution in [2.24, 2.45) is 5.92 Å². The lowest BCUT2D eigenvalue weighted by Gasteiger charge is -2.32. The molecule has 1 aliphatic heterocycles. The minimum absolute atomic E-state index is 0.0802. The second-order valence-corrected chi connectivity index (χ2v) is 8.85. The van der Waals surface area contributed by atoms with Crippen molar-refractivity contribution in [1.29, 1.82) is 0 Å². The Bertz CT molecular complexity index is 1410. The van der Waals surface area contributed by atoms with Crippen LogP contribution in [-0.2, 0) is 0 Å². The second kappa shape index (κ2) is 9.94. The highest BCUT2D eigenvalue weighted by molar-refractivity contribution is 5.83. The van der Waals surface area contributed by atoms with Crippen molar-refractivity contribution in [3.8, 4) is 11.8 Å². The van der Waals surface area contributed by atoms with Crippen molar-refractivity contribution in [1.82, 2.24) is 25.1 Å². The van der Waals surface area contributed by atoms with E-state index in [2.05, 4.69) is 35.4 Å². The normalized spacial score (nSPS) is 14.8. The molecule has 188 valence electrons. The number of anilines is 3. The van der Waals surface area contributed by atoms with Crippen molar-refractivity contribution < 1.29 is 18.6 Å². The van der Waals surface area contributed by atoms with Crippen LogP contribution < -0.4 is 15.0 Å². The van der Waals surface area contributed by atoms with Crippen molar-refractivity contribution in [2.45, 2.75) is 26.7 Å². The Morgan fingerprint density at radius 1 is 1.17 bits per heavy atom. The molecule has 36 heavy (non-hydrogen) atoms. The first-order valence-corrected chi connectivity index (χ1v) is 11.8. The van der Waals surface area contributed by atoms with Crippen LogP contribution in [0.2, 0.25) is 0 Å². The van der Waals surface area contributed by atoms with E-state index in [1.807, 2.05) is 25.1 Å². The highest BCUT2D eigenvalue weighted by atomic mass is 19.1. The van der Waals surface area contributed by atoms with E-state index in [1.165, 1.54) is 6.07 Å². The number of piperidine rings is 1. The number of nitrogens with zero attached hydrogens (tertiary/aromatic N) is 4. The quantitative estimate of drug-likeness (QED) is 0.284. The first kappa shape index (κ1) is 23.7. The lowest BCUT2D eigenvalue weighted by Crippen LogP contribution is -2.35. The summed E-state index contributed by atoms with van der Waals surface area (Å²) < 4.78 is 35.5. The molecule has 0 radical (unpaired) electrons. The Hall–Kier alpha value is -3.99. The number of aliphatic hydroxyl groups is 1. The summed E-state index contributed by atoms with van der Waals surface area (Å²) in [5.41, 5.74) is 1.52. The molecule has 0 amide bonds. The van der Waals surface area contributed by atoms with E-state index in [-0.39, 0.29) is 35.2 Å². The molecule has 3 aromatic heterocycles. The standard InChI is InChI=1S/C25H27F2N7O2/c1-3-4-16-10-21(33-32-16)29-20-12-22(34-7-5-15(13-35)6-8-34)31-25(30-20)36-19-11-18(26)24-17(23(19)27)9-14(2)28-24/h3-4,9-12,15,28,35H,5-8,13H2,1-2H3,(H2,29,30,31,32,33)/b4-3+. The Kier molecular flexibility index (Phi) is 6.55. The summed E-state index contributed by atoms with van der Waals surface area (Å²) in [6.07, 6.45) is 5.39. The number of aryl methyl sites for hydroxylation is 1. The van der Waals surface area contributed by atoms with Crippen LogP contribution in [0.3, 0.4) is 0 Å². The predicted octanol–water partition coefficient (Wildman–Crippen LogP) is 5.05. The first-order chi connectivity index (χ1) is 17.4. The maximum atomic E-state index is 15.2. The lowest BCUT2D eigenvalue weighted by molar-refractivity contribution is 0.202. The molecule has 0 atom stereocenters. The van der Waals surface area contributed by atoms with E-state index >= 15 is 4.39 Å². The van der Waals surface area contributed by atoms with Crippen LogP contribution in [0.25, 0.3) is 17.0 Å². The zero-order valence-corrected chi connectivity index (χ0v) is 20.0. The van der Waals surface area contributed by atoms with Gasteiger partial charge in [0.05, 0.1) is 11.2 Å². The van der Waals surface area contributed by atoms with Gasteiger partial charge in [0, 0.05) is 49.0 Å². The van der Waals surface area contributed by atoms with E-state index in [4.69, 9.17) is 4.74 Å². The zero-order chi connectivity index (χ0) is 25.2. The molecule has 4 N–H and O–H groups in total. The van der Waals surface area contributed by atoms with Crippen LogP contribution in [0.15, 0.2) is 30.3 Å². The summed E-state index contributed by atoms with van der Waals surface area (Å²) in [5, 5.41) is 19.8. The molecule has 5 rings (SSSR count). The number of fused-ring (bicyclic) bond motifs is 1. The summed E-state index contributed by atoms with van der Waals surface area (Å²) in [7, 11) is 0. The van der Waals surface area contributed by atoms with Gasteiger partial charge in [-0.3, -0.25) is 5.10 Å². The fourth-order valence-corrected chi connectivity index (χ4v) is 4.33. The largest absolute Gasteiger partial charge is 0.421 e. The van der Waals surface area contributed by atoms with Crippen molar-refractivity contribution in [3.63, 3.8) is 0 Å². The molecule has 1 saturated heterocycles. The van der Waals surface area contributed by atoms with Gasteiger partial charge < -0.3 is 25.0 Å². The van der Waals surface area contributed by atoms with E-state index in [0.29, 0.717) is 36.2 Å². The molecule has 0 spiro atoms. The van der Waals surface area contributed by atoms with Gasteiger partial charge in [0.1, 0.15) is 11.6 Å². The van der Waals surface area contributed by atoms with Crippen molar-refractivity contribution in [2.75, 3.05) is 29.9 Å². The molecule has 4 aromatic rings. The maximum Gasteiger partial charge on any atom is 0.326 e. The van der Waals surface area contributed by atoms with Crippen LogP contribution in [-0.4, -0.2) is 50.0 Å². The summed E-state index contributed by atoms with van der Waals surface area (Å²) in [6.45, 7) is 5.15. The number of hydrogen-bond acceptors (Lipinski definition) is 7. The number of hydrogen-bond donors (Lipinski definition) is 4. The highest BCUT2D eigenvalue weighted by Crippen LogP contribution is 2.33. The molecular weight excluding hydrogens is 468 g/mol. The number of H-pyrrole nitrogens is 2. The number of aliphatic hydroxyl groups excluding tert-OH is 1. The number of allylic oxidation sites excluding steroid dienone is 1. The number of rotatable bonds is 7. The van der Waals surface area contributed by atoms with E-state index in [1.54, 1.807) is 13.0 Å². The van der Waals surface area contributed by atoms with Gasteiger partial charge in [-0.05, 0) is 44.7 Å². The summed E-state index contributed by atoms with van der Waals surface area (Å²) in [4.78, 5) is 13.7. The Morgan fingerprint density at radius 3 is 2.72 bits per heavy atom. The van der Waals surface area contributed by atoms with Gasteiger partial charge in [0.15, 0.2) is 23.2 Å². The molecule has 11 heteroatoms. The molecule has 0 aliphatic carbocycles. The van der Waals surface area contributed by atoms with Crippen LogP contribution in [0.4, 0.5) is 26.2 Å². The number of halogens is 2. The van der Waals surface area contributed by atoms with Crippen LogP contribution in [0, 0.1) is 24.5 Å². The molecule has 1 fully saturated rings. The molecule has 1 aliphatic rings. The number of nitrogens with one attached hydrogen (secondary N) is 3. The average Bonchev–Trinajstić information content (AvgIpc) is 3.49. The van der Waals surface area contributed by atoms with Gasteiger partial charge in [-0.25, -0.2) is 8.78 Å². The Balaban J connectivity index is 1.49. The van der Waals surface area contributed by atoms with Gasteiger partial charge in [0.25, 0.3) is 0 Å². The number of aromatic amines is 2. The Morgan fingerprint density at radius 2 is 1.97 bits per heavy atom. The third-order valence-electron chi connectivity index (χ3n) is 6.19. The Labute approximate surface area is 206 Å². The molecular formula is C25H27F2N7O2. The number of benzene rings is 1.